The molecule has 5 heteroatoms. The van der Waals surface area contributed by atoms with E-state index in [1.54, 1.807) is 13.0 Å². The highest BCUT2D eigenvalue weighted by Gasteiger charge is 2.43. The predicted molar refractivity (Wildman–Crippen MR) is 64.2 cm³/mol. The van der Waals surface area contributed by atoms with E-state index in [2.05, 4.69) is 0 Å². The average molecular weight is 254 g/mol. The van der Waals surface area contributed by atoms with E-state index in [1.807, 2.05) is 25.1 Å². The van der Waals surface area contributed by atoms with Crippen molar-refractivity contribution in [2.24, 2.45) is 0 Å². The number of aliphatic hydroxyl groups is 3. The summed E-state index contributed by atoms with van der Waals surface area (Å²) in [7, 11) is 0. The Hall–Kier alpha value is -1.14. The number of aryl methyl sites for hydroxylation is 1. The molecule has 0 amide bonds. The van der Waals surface area contributed by atoms with Crippen molar-refractivity contribution >= 4 is 0 Å². The molecule has 2 rings (SSSR count). The first-order valence-electron chi connectivity index (χ1n) is 5.92. The van der Waals surface area contributed by atoms with E-state index in [9.17, 15) is 15.3 Å². The van der Waals surface area contributed by atoms with Crippen LogP contribution in [0.15, 0.2) is 24.3 Å². The number of hydrogen-bond acceptors (Lipinski definition) is 5. The maximum atomic E-state index is 9.82. The molecule has 1 aromatic rings. The van der Waals surface area contributed by atoms with Gasteiger partial charge in [-0.15, -0.1) is 0 Å². The number of ether oxygens (including phenoxy) is 2. The van der Waals surface area contributed by atoms with Crippen LogP contribution in [0.1, 0.15) is 12.5 Å². The van der Waals surface area contributed by atoms with Crippen molar-refractivity contribution in [1.29, 1.82) is 0 Å². The average Bonchev–Trinajstić information content (AvgIpc) is 2.36. The van der Waals surface area contributed by atoms with E-state index in [4.69, 9.17) is 9.47 Å². The molecule has 1 aromatic carbocycles. The molecule has 1 aliphatic rings. The van der Waals surface area contributed by atoms with Gasteiger partial charge in [-0.05, 0) is 25.5 Å². The summed E-state index contributed by atoms with van der Waals surface area (Å²) < 4.78 is 10.9. The third kappa shape index (κ3) is 2.49. The summed E-state index contributed by atoms with van der Waals surface area (Å²) in [5, 5.41) is 29.1. The maximum absolute atomic E-state index is 9.82. The molecule has 1 unspecified atom stereocenters. The molecule has 5 atom stereocenters. The standard InChI is InChI=1S/C13H18O5/c1-7-5-3-4-6-9(7)18-13-12(16)11(15)10(14)8(2)17-13/h3-6,8,10-16H,1-2H3/t8-,10-,11+,12+,13?/m1/s1. The molecule has 0 radical (unpaired) electrons. The second-order valence-electron chi connectivity index (χ2n) is 4.56. The summed E-state index contributed by atoms with van der Waals surface area (Å²) in [5.41, 5.74) is 0.904. The minimum Gasteiger partial charge on any atom is -0.462 e. The summed E-state index contributed by atoms with van der Waals surface area (Å²) in [5.74, 6) is 0.581. The van der Waals surface area contributed by atoms with Gasteiger partial charge in [0, 0.05) is 0 Å². The van der Waals surface area contributed by atoms with Gasteiger partial charge in [0.25, 0.3) is 0 Å². The molecule has 5 nitrogen and oxygen atoms in total. The molecule has 1 heterocycles. The number of hydrogen-bond donors (Lipinski definition) is 3. The maximum Gasteiger partial charge on any atom is 0.229 e. The van der Waals surface area contributed by atoms with Crippen molar-refractivity contribution in [1.82, 2.24) is 0 Å². The quantitative estimate of drug-likeness (QED) is 0.702. The van der Waals surface area contributed by atoms with Gasteiger partial charge in [-0.25, -0.2) is 0 Å². The zero-order valence-electron chi connectivity index (χ0n) is 10.4. The van der Waals surface area contributed by atoms with Crippen LogP contribution in [-0.2, 0) is 4.74 Å². The van der Waals surface area contributed by atoms with Gasteiger partial charge in [0.15, 0.2) is 0 Å². The van der Waals surface area contributed by atoms with Crippen molar-refractivity contribution < 1.29 is 24.8 Å². The molecule has 100 valence electrons. The number of para-hydroxylation sites is 1. The fourth-order valence-electron chi connectivity index (χ4n) is 1.92. The molecule has 0 aromatic heterocycles. The zero-order valence-corrected chi connectivity index (χ0v) is 10.4. The van der Waals surface area contributed by atoms with E-state index in [0.717, 1.165) is 5.56 Å². The normalized spacial score (nSPS) is 36.4. The van der Waals surface area contributed by atoms with Crippen LogP contribution in [-0.4, -0.2) is 46.0 Å². The van der Waals surface area contributed by atoms with Gasteiger partial charge in [-0.1, -0.05) is 18.2 Å². The lowest BCUT2D eigenvalue weighted by molar-refractivity contribution is -0.268. The second kappa shape index (κ2) is 5.24. The number of aliphatic hydroxyl groups excluding tert-OH is 3. The van der Waals surface area contributed by atoms with Crippen LogP contribution < -0.4 is 4.74 Å². The molecule has 3 N–H and O–H groups in total. The predicted octanol–water partition coefficient (Wildman–Crippen LogP) is 0.201. The molecule has 1 aliphatic heterocycles. The third-order valence-electron chi connectivity index (χ3n) is 3.15. The highest BCUT2D eigenvalue weighted by molar-refractivity contribution is 5.31. The van der Waals surface area contributed by atoms with Crippen LogP contribution in [0.4, 0.5) is 0 Å². The molecule has 0 saturated carbocycles. The first-order valence-corrected chi connectivity index (χ1v) is 5.92. The lowest BCUT2D eigenvalue weighted by Crippen LogP contribution is -2.58. The Bertz CT molecular complexity index is 408. The molecule has 1 saturated heterocycles. The largest absolute Gasteiger partial charge is 0.462 e. The van der Waals surface area contributed by atoms with Gasteiger partial charge in [0.1, 0.15) is 24.1 Å². The molecule has 18 heavy (non-hydrogen) atoms. The highest BCUT2D eigenvalue weighted by atomic mass is 16.7. The first kappa shape index (κ1) is 13.3. The zero-order chi connectivity index (χ0) is 13.3. The third-order valence-corrected chi connectivity index (χ3v) is 3.15. The van der Waals surface area contributed by atoms with Crippen molar-refractivity contribution in [3.05, 3.63) is 29.8 Å². The Kier molecular flexibility index (Phi) is 3.87. The van der Waals surface area contributed by atoms with Crippen molar-refractivity contribution in [3.63, 3.8) is 0 Å². The SMILES string of the molecule is Cc1ccccc1OC1O[C@H](C)[C@@H](O)[C@H](O)[C@@H]1O. The highest BCUT2D eigenvalue weighted by Crippen LogP contribution is 2.25. The van der Waals surface area contributed by atoms with Gasteiger partial charge in [0.2, 0.25) is 6.29 Å². The Morgan fingerprint density at radius 1 is 1.06 bits per heavy atom. The van der Waals surface area contributed by atoms with Gasteiger partial charge >= 0.3 is 0 Å². The molecular formula is C13H18O5. The van der Waals surface area contributed by atoms with E-state index in [0.29, 0.717) is 5.75 Å². The Labute approximate surface area is 106 Å². The summed E-state index contributed by atoms with van der Waals surface area (Å²) in [6.45, 7) is 3.49. The summed E-state index contributed by atoms with van der Waals surface area (Å²) >= 11 is 0. The molecule has 0 bridgehead atoms. The van der Waals surface area contributed by atoms with E-state index < -0.39 is 30.7 Å². The molecular weight excluding hydrogens is 236 g/mol. The van der Waals surface area contributed by atoms with Crippen molar-refractivity contribution in [2.75, 3.05) is 0 Å². The van der Waals surface area contributed by atoms with Crippen LogP contribution in [0.25, 0.3) is 0 Å². The van der Waals surface area contributed by atoms with E-state index >= 15 is 0 Å². The smallest absolute Gasteiger partial charge is 0.229 e. The fourth-order valence-corrected chi connectivity index (χ4v) is 1.92. The summed E-state index contributed by atoms with van der Waals surface area (Å²) in [6, 6.07) is 7.32. The van der Waals surface area contributed by atoms with E-state index in [1.165, 1.54) is 0 Å². The summed E-state index contributed by atoms with van der Waals surface area (Å²) in [6.07, 6.45) is -5.26. The number of benzene rings is 1. The van der Waals surface area contributed by atoms with Crippen LogP contribution in [0.2, 0.25) is 0 Å². The molecule has 0 aliphatic carbocycles. The minimum absolute atomic E-state index is 0.581. The number of rotatable bonds is 2. The summed E-state index contributed by atoms with van der Waals surface area (Å²) in [4.78, 5) is 0. The lowest BCUT2D eigenvalue weighted by Gasteiger charge is -2.39. The van der Waals surface area contributed by atoms with Crippen molar-refractivity contribution in [3.8, 4) is 5.75 Å². The van der Waals surface area contributed by atoms with Gasteiger partial charge in [-0.3, -0.25) is 0 Å². The van der Waals surface area contributed by atoms with Gasteiger partial charge in [0.05, 0.1) is 6.10 Å². The minimum atomic E-state index is -1.28. The lowest BCUT2D eigenvalue weighted by atomic mass is 10.00. The topological polar surface area (TPSA) is 79.2 Å². The van der Waals surface area contributed by atoms with Gasteiger partial charge < -0.3 is 24.8 Å². The van der Waals surface area contributed by atoms with Gasteiger partial charge in [-0.2, -0.15) is 0 Å². The second-order valence-corrected chi connectivity index (χ2v) is 4.56. The van der Waals surface area contributed by atoms with E-state index in [-0.39, 0.29) is 0 Å². The fraction of sp³-hybridized carbons (Fsp3) is 0.538. The molecule has 0 spiro atoms. The van der Waals surface area contributed by atoms with Crippen LogP contribution >= 0.6 is 0 Å². The Morgan fingerprint density at radius 3 is 2.39 bits per heavy atom. The Balaban J connectivity index is 2.12. The van der Waals surface area contributed by atoms with Crippen LogP contribution in [0.3, 0.4) is 0 Å². The first-order chi connectivity index (χ1) is 8.50. The van der Waals surface area contributed by atoms with Crippen LogP contribution in [0, 0.1) is 6.92 Å². The molecule has 1 fully saturated rings. The Morgan fingerprint density at radius 2 is 1.72 bits per heavy atom. The monoisotopic (exact) mass is 254 g/mol. The van der Waals surface area contributed by atoms with Crippen LogP contribution in [0.5, 0.6) is 5.75 Å². The van der Waals surface area contributed by atoms with Crippen molar-refractivity contribution in [2.45, 2.75) is 44.6 Å².